The molecular weight excluding hydrogens is 364 g/mol. The van der Waals surface area contributed by atoms with Gasteiger partial charge in [-0.2, -0.15) is 0 Å². The third-order valence-electron chi connectivity index (χ3n) is 5.23. The lowest BCUT2D eigenvalue weighted by Gasteiger charge is -2.20. The van der Waals surface area contributed by atoms with E-state index < -0.39 is 0 Å². The molecule has 2 aromatic heterocycles. The third kappa shape index (κ3) is 3.89. The van der Waals surface area contributed by atoms with Gasteiger partial charge in [0.05, 0.1) is 23.7 Å². The number of methoxy groups -OCH3 is 1. The average Bonchev–Trinajstić information content (AvgIpc) is 3.33. The van der Waals surface area contributed by atoms with Crippen molar-refractivity contribution < 1.29 is 9.53 Å². The Hall–Kier alpha value is -3.12. The zero-order valence-corrected chi connectivity index (χ0v) is 17.0. The highest BCUT2D eigenvalue weighted by molar-refractivity contribution is 5.98. The quantitative estimate of drug-likeness (QED) is 0.494. The molecule has 6 nitrogen and oxygen atoms in total. The Labute approximate surface area is 169 Å². The van der Waals surface area contributed by atoms with Crippen LogP contribution in [0.1, 0.15) is 36.1 Å². The van der Waals surface area contributed by atoms with Gasteiger partial charge in [0.1, 0.15) is 5.82 Å². The molecular formula is C23H26N4O2. The van der Waals surface area contributed by atoms with Gasteiger partial charge in [-0.25, -0.2) is 4.98 Å². The molecule has 0 radical (unpaired) electrons. The summed E-state index contributed by atoms with van der Waals surface area (Å²) in [7, 11) is 1.69. The summed E-state index contributed by atoms with van der Waals surface area (Å²) in [5, 5.41) is 4.27. The minimum absolute atomic E-state index is 0.106. The molecule has 1 atom stereocenters. The highest BCUT2D eigenvalue weighted by Crippen LogP contribution is 2.24. The summed E-state index contributed by atoms with van der Waals surface area (Å²) < 4.78 is 7.29. The summed E-state index contributed by atoms with van der Waals surface area (Å²) in [6.07, 6.45) is 2.02. The second kappa shape index (κ2) is 8.09. The van der Waals surface area contributed by atoms with Crippen LogP contribution in [0.5, 0.6) is 0 Å². The van der Waals surface area contributed by atoms with Crippen molar-refractivity contribution in [3.05, 3.63) is 66.1 Å². The van der Waals surface area contributed by atoms with Crippen LogP contribution < -0.4 is 5.32 Å². The van der Waals surface area contributed by atoms with Crippen LogP contribution in [0.25, 0.3) is 21.9 Å². The summed E-state index contributed by atoms with van der Waals surface area (Å²) in [4.78, 5) is 21.1. The minimum atomic E-state index is -0.203. The van der Waals surface area contributed by atoms with Crippen LogP contribution in [0, 0.1) is 5.92 Å². The van der Waals surface area contributed by atoms with E-state index in [-0.39, 0.29) is 17.9 Å². The predicted octanol–water partition coefficient (Wildman–Crippen LogP) is 4.29. The summed E-state index contributed by atoms with van der Waals surface area (Å²) in [6.45, 7) is 5.54. The summed E-state index contributed by atoms with van der Waals surface area (Å²) in [5.74, 6) is 0.860. The average molecular weight is 390 g/mol. The number of carbonyl (C=O) groups excluding carboxylic acids is 1. The number of nitrogens with zero attached hydrogens (tertiary/aromatic N) is 2. The first-order chi connectivity index (χ1) is 14.1. The number of rotatable bonds is 7. The van der Waals surface area contributed by atoms with Gasteiger partial charge in [-0.15, -0.1) is 0 Å². The molecule has 0 unspecified atom stereocenters. The van der Waals surface area contributed by atoms with E-state index in [1.54, 1.807) is 7.11 Å². The molecule has 0 aliphatic carbocycles. The third-order valence-corrected chi connectivity index (χ3v) is 5.23. The van der Waals surface area contributed by atoms with Crippen LogP contribution >= 0.6 is 0 Å². The number of benzene rings is 2. The summed E-state index contributed by atoms with van der Waals surface area (Å²) in [6, 6.07) is 15.5. The lowest BCUT2D eigenvalue weighted by atomic mass is 10.0. The number of hydrogen-bond acceptors (Lipinski definition) is 3. The van der Waals surface area contributed by atoms with Gasteiger partial charge in [-0.3, -0.25) is 4.79 Å². The molecule has 2 heterocycles. The molecule has 0 aliphatic heterocycles. The van der Waals surface area contributed by atoms with Gasteiger partial charge in [-0.05, 0) is 41.6 Å². The van der Waals surface area contributed by atoms with Gasteiger partial charge in [0.15, 0.2) is 0 Å². The van der Waals surface area contributed by atoms with E-state index >= 15 is 0 Å². The molecule has 0 saturated carbocycles. The number of aromatic nitrogens is 3. The smallest absolute Gasteiger partial charge is 0.251 e. The van der Waals surface area contributed by atoms with Gasteiger partial charge in [-0.1, -0.05) is 32.0 Å². The second-order valence-corrected chi connectivity index (χ2v) is 7.61. The lowest BCUT2D eigenvalue weighted by molar-refractivity contribution is 0.0923. The Morgan fingerprint density at radius 3 is 2.79 bits per heavy atom. The van der Waals surface area contributed by atoms with Crippen molar-refractivity contribution in [3.8, 4) is 0 Å². The fourth-order valence-electron chi connectivity index (χ4n) is 3.60. The Morgan fingerprint density at radius 1 is 1.21 bits per heavy atom. The maximum atomic E-state index is 13.1. The van der Waals surface area contributed by atoms with E-state index in [1.165, 1.54) is 0 Å². The molecule has 2 N–H and O–H groups in total. The van der Waals surface area contributed by atoms with Crippen LogP contribution in [-0.2, 0) is 11.3 Å². The highest BCUT2D eigenvalue weighted by Gasteiger charge is 2.22. The Balaban J connectivity index is 1.60. The van der Waals surface area contributed by atoms with E-state index in [2.05, 4.69) is 39.8 Å². The number of amides is 1. The van der Waals surface area contributed by atoms with Gasteiger partial charge in [0.25, 0.3) is 5.91 Å². The largest absolute Gasteiger partial charge is 0.383 e. The van der Waals surface area contributed by atoms with E-state index in [9.17, 15) is 4.79 Å². The molecule has 1 amide bonds. The van der Waals surface area contributed by atoms with Crippen molar-refractivity contribution in [1.82, 2.24) is 19.9 Å². The first-order valence-corrected chi connectivity index (χ1v) is 9.90. The van der Waals surface area contributed by atoms with Crippen LogP contribution in [0.2, 0.25) is 0 Å². The SMILES string of the molecule is COCCn1ccc2ccc(C(=O)N[C@@H](c3nc4ccccc4[nH]3)C(C)C)cc21. The van der Waals surface area contributed by atoms with Crippen molar-refractivity contribution in [2.75, 3.05) is 13.7 Å². The van der Waals surface area contributed by atoms with Gasteiger partial charge < -0.3 is 19.6 Å². The molecule has 0 spiro atoms. The van der Waals surface area contributed by atoms with Gasteiger partial charge >= 0.3 is 0 Å². The molecule has 6 heteroatoms. The molecule has 150 valence electrons. The van der Waals surface area contributed by atoms with Gasteiger partial charge in [0.2, 0.25) is 0 Å². The summed E-state index contributed by atoms with van der Waals surface area (Å²) >= 11 is 0. The van der Waals surface area contributed by atoms with Crippen LogP contribution in [0.4, 0.5) is 0 Å². The predicted molar refractivity (Wildman–Crippen MR) is 115 cm³/mol. The molecule has 2 aromatic carbocycles. The van der Waals surface area contributed by atoms with Crippen LogP contribution in [-0.4, -0.2) is 34.2 Å². The van der Waals surface area contributed by atoms with Crippen LogP contribution in [0.3, 0.4) is 0 Å². The zero-order chi connectivity index (χ0) is 20.4. The standard InChI is InChI=1S/C23H26N4O2/c1-15(2)21(22-24-18-6-4-5-7-19(18)25-22)26-23(28)17-9-8-16-10-11-27(12-13-29-3)20(16)14-17/h4-11,14-15,21H,12-13H2,1-3H3,(H,24,25)(H,26,28)/t21-/m1/s1. The van der Waals surface area contributed by atoms with E-state index in [0.717, 1.165) is 34.3 Å². The maximum Gasteiger partial charge on any atom is 0.251 e. The normalized spacial score (nSPS) is 12.7. The minimum Gasteiger partial charge on any atom is -0.383 e. The molecule has 0 fully saturated rings. The van der Waals surface area contributed by atoms with Crippen molar-refractivity contribution >= 4 is 27.8 Å². The fraction of sp³-hybridized carbons (Fsp3) is 0.304. The van der Waals surface area contributed by atoms with Crippen molar-refractivity contribution in [2.24, 2.45) is 5.92 Å². The number of hydrogen-bond donors (Lipinski definition) is 2. The first kappa shape index (κ1) is 19.2. The zero-order valence-electron chi connectivity index (χ0n) is 17.0. The van der Waals surface area contributed by atoms with E-state index in [4.69, 9.17) is 4.74 Å². The molecule has 4 aromatic rings. The number of nitrogens with one attached hydrogen (secondary N) is 2. The molecule has 4 rings (SSSR count). The summed E-state index contributed by atoms with van der Waals surface area (Å²) in [5.41, 5.74) is 3.54. The van der Waals surface area contributed by atoms with Crippen molar-refractivity contribution in [1.29, 1.82) is 0 Å². The van der Waals surface area contributed by atoms with Gasteiger partial charge in [0, 0.05) is 30.9 Å². The van der Waals surface area contributed by atoms with E-state index in [1.807, 2.05) is 48.7 Å². The molecule has 29 heavy (non-hydrogen) atoms. The number of ether oxygens (including phenoxy) is 1. The topological polar surface area (TPSA) is 71.9 Å². The molecule has 0 aliphatic rings. The first-order valence-electron chi connectivity index (χ1n) is 9.90. The number of para-hydroxylation sites is 2. The molecule has 0 saturated heterocycles. The second-order valence-electron chi connectivity index (χ2n) is 7.61. The number of H-pyrrole nitrogens is 1. The number of aromatic amines is 1. The highest BCUT2D eigenvalue weighted by atomic mass is 16.5. The Kier molecular flexibility index (Phi) is 5.36. The van der Waals surface area contributed by atoms with Crippen LogP contribution in [0.15, 0.2) is 54.7 Å². The Bertz CT molecular complexity index is 1110. The maximum absolute atomic E-state index is 13.1. The lowest BCUT2D eigenvalue weighted by Crippen LogP contribution is -2.32. The van der Waals surface area contributed by atoms with Crippen molar-refractivity contribution in [2.45, 2.75) is 26.4 Å². The van der Waals surface area contributed by atoms with E-state index in [0.29, 0.717) is 12.2 Å². The number of carbonyl (C=O) groups is 1. The Morgan fingerprint density at radius 2 is 2.03 bits per heavy atom. The molecule has 0 bridgehead atoms. The fourth-order valence-corrected chi connectivity index (χ4v) is 3.60. The monoisotopic (exact) mass is 390 g/mol. The number of imidazole rings is 1. The number of fused-ring (bicyclic) bond motifs is 2. The van der Waals surface area contributed by atoms with Crippen molar-refractivity contribution in [3.63, 3.8) is 0 Å².